The van der Waals surface area contributed by atoms with Crippen molar-refractivity contribution >= 4 is 33.2 Å². The van der Waals surface area contributed by atoms with Crippen LogP contribution in [0.15, 0.2) is 43.7 Å². The largest absolute Gasteiger partial charge is 0.467 e. The van der Waals surface area contributed by atoms with Crippen LogP contribution < -0.4 is 10.6 Å². The van der Waals surface area contributed by atoms with E-state index >= 15 is 0 Å². The molecule has 0 amide bonds. The highest BCUT2D eigenvalue weighted by molar-refractivity contribution is 9.11. The van der Waals surface area contributed by atoms with Gasteiger partial charge in [-0.05, 0) is 53.5 Å². The molecular formula is C14H18BrN3OS. The topological polar surface area (TPSA) is 49.6 Å². The Hall–Kier alpha value is -1.27. The number of guanidine groups is 1. The van der Waals surface area contributed by atoms with Crippen LogP contribution in [-0.4, -0.2) is 19.0 Å². The highest BCUT2D eigenvalue weighted by Gasteiger charge is 2.01. The predicted molar refractivity (Wildman–Crippen MR) is 87.2 cm³/mol. The van der Waals surface area contributed by atoms with E-state index in [1.165, 1.54) is 8.66 Å². The first-order valence-corrected chi connectivity index (χ1v) is 8.17. The lowest BCUT2D eigenvalue weighted by molar-refractivity contribution is 0.512. The molecule has 2 rings (SSSR count). The van der Waals surface area contributed by atoms with Gasteiger partial charge in [0.2, 0.25) is 0 Å². The third-order valence-corrected chi connectivity index (χ3v) is 4.29. The molecule has 2 heterocycles. The van der Waals surface area contributed by atoms with Gasteiger partial charge < -0.3 is 15.1 Å². The molecule has 2 aromatic heterocycles. The zero-order valence-electron chi connectivity index (χ0n) is 11.4. The summed E-state index contributed by atoms with van der Waals surface area (Å²) in [4.78, 5) is 5.84. The number of hydrogen-bond acceptors (Lipinski definition) is 3. The van der Waals surface area contributed by atoms with Gasteiger partial charge in [-0.2, -0.15) is 0 Å². The molecule has 0 radical (unpaired) electrons. The number of aliphatic imine (C=N–C) groups is 1. The van der Waals surface area contributed by atoms with Crippen LogP contribution in [0.2, 0.25) is 0 Å². The zero-order valence-corrected chi connectivity index (χ0v) is 13.8. The first kappa shape index (κ1) is 15.1. The molecule has 20 heavy (non-hydrogen) atoms. The maximum Gasteiger partial charge on any atom is 0.191 e. The van der Waals surface area contributed by atoms with Gasteiger partial charge in [0, 0.05) is 18.0 Å². The fourth-order valence-corrected chi connectivity index (χ4v) is 3.17. The number of nitrogens with one attached hydrogen (secondary N) is 2. The van der Waals surface area contributed by atoms with Gasteiger partial charge in [-0.15, -0.1) is 11.3 Å². The summed E-state index contributed by atoms with van der Waals surface area (Å²) in [5, 5.41) is 6.56. The van der Waals surface area contributed by atoms with E-state index in [-0.39, 0.29) is 0 Å². The molecule has 0 bridgehead atoms. The molecule has 0 saturated heterocycles. The first-order chi connectivity index (χ1) is 9.78. The maximum absolute atomic E-state index is 5.27. The van der Waals surface area contributed by atoms with Crippen molar-refractivity contribution in [3.63, 3.8) is 0 Å². The second kappa shape index (κ2) is 8.11. The molecule has 0 aliphatic heterocycles. The monoisotopic (exact) mass is 355 g/mol. The Balaban J connectivity index is 1.80. The van der Waals surface area contributed by atoms with E-state index in [4.69, 9.17) is 4.42 Å². The van der Waals surface area contributed by atoms with E-state index in [0.717, 1.165) is 31.2 Å². The molecule has 4 nitrogen and oxygen atoms in total. The Morgan fingerprint density at radius 3 is 2.90 bits per heavy atom. The fourth-order valence-electron chi connectivity index (χ4n) is 1.69. The minimum Gasteiger partial charge on any atom is -0.467 e. The lowest BCUT2D eigenvalue weighted by atomic mass is 10.3. The smallest absolute Gasteiger partial charge is 0.191 e. The molecule has 0 saturated carbocycles. The lowest BCUT2D eigenvalue weighted by Gasteiger charge is -2.10. The maximum atomic E-state index is 5.27. The van der Waals surface area contributed by atoms with Crippen molar-refractivity contribution < 1.29 is 4.42 Å². The molecule has 0 unspecified atom stereocenters. The van der Waals surface area contributed by atoms with Crippen molar-refractivity contribution in [2.24, 2.45) is 4.99 Å². The van der Waals surface area contributed by atoms with Gasteiger partial charge in [0.15, 0.2) is 5.96 Å². The average molecular weight is 356 g/mol. The molecule has 0 aliphatic carbocycles. The summed E-state index contributed by atoms with van der Waals surface area (Å²) in [6.45, 7) is 4.30. The van der Waals surface area contributed by atoms with Crippen LogP contribution in [0, 0.1) is 0 Å². The quantitative estimate of drug-likeness (QED) is 0.616. The van der Waals surface area contributed by atoms with E-state index in [1.54, 1.807) is 17.6 Å². The Kier molecular flexibility index (Phi) is 6.14. The van der Waals surface area contributed by atoms with E-state index in [2.05, 4.69) is 50.6 Å². The highest BCUT2D eigenvalue weighted by atomic mass is 79.9. The number of rotatable bonds is 6. The van der Waals surface area contributed by atoms with Crippen molar-refractivity contribution in [3.05, 3.63) is 45.0 Å². The number of halogens is 1. The Morgan fingerprint density at radius 2 is 2.25 bits per heavy atom. The first-order valence-electron chi connectivity index (χ1n) is 6.56. The van der Waals surface area contributed by atoms with Crippen molar-refractivity contribution in [2.45, 2.75) is 19.9 Å². The zero-order chi connectivity index (χ0) is 14.2. The molecule has 0 aliphatic rings. The van der Waals surface area contributed by atoms with Gasteiger partial charge in [0.1, 0.15) is 12.3 Å². The van der Waals surface area contributed by atoms with Crippen molar-refractivity contribution in [1.29, 1.82) is 0 Å². The molecule has 108 valence electrons. The minimum atomic E-state index is 0.548. The number of hydrogen-bond donors (Lipinski definition) is 2. The van der Waals surface area contributed by atoms with Gasteiger partial charge >= 0.3 is 0 Å². The second-order valence-corrected chi connectivity index (χ2v) is 6.70. The predicted octanol–water partition coefficient (Wildman–Crippen LogP) is 3.40. The van der Waals surface area contributed by atoms with Gasteiger partial charge in [0.25, 0.3) is 0 Å². The normalized spacial score (nSPS) is 11.6. The number of furan rings is 1. The van der Waals surface area contributed by atoms with Crippen LogP contribution in [0.4, 0.5) is 0 Å². The minimum absolute atomic E-state index is 0.548. The standard InChI is InChI=1S/C14H18BrN3OS/c1-2-16-14(18-10-11-4-3-9-19-11)17-8-7-12-5-6-13(15)20-12/h3-6,9H,2,7-8,10H2,1H3,(H2,16,17,18). The summed E-state index contributed by atoms with van der Waals surface area (Å²) < 4.78 is 6.44. The fraction of sp³-hybridized carbons (Fsp3) is 0.357. The van der Waals surface area contributed by atoms with Crippen LogP contribution in [0.1, 0.15) is 17.6 Å². The molecule has 0 fully saturated rings. The summed E-state index contributed by atoms with van der Waals surface area (Å²) in [6.07, 6.45) is 2.65. The summed E-state index contributed by atoms with van der Waals surface area (Å²) in [7, 11) is 0. The van der Waals surface area contributed by atoms with E-state index in [1.807, 2.05) is 12.1 Å². The molecular weight excluding hydrogens is 338 g/mol. The van der Waals surface area contributed by atoms with E-state index < -0.39 is 0 Å². The molecule has 2 N–H and O–H groups in total. The van der Waals surface area contributed by atoms with E-state index in [0.29, 0.717) is 6.54 Å². The van der Waals surface area contributed by atoms with Crippen molar-refractivity contribution in [3.8, 4) is 0 Å². The van der Waals surface area contributed by atoms with Gasteiger partial charge in [-0.25, -0.2) is 4.99 Å². The summed E-state index contributed by atoms with van der Waals surface area (Å²) in [6, 6.07) is 8.02. The molecule has 6 heteroatoms. The number of thiophene rings is 1. The third kappa shape index (κ3) is 5.02. The van der Waals surface area contributed by atoms with Crippen molar-refractivity contribution in [1.82, 2.24) is 10.6 Å². The van der Waals surface area contributed by atoms with Crippen LogP contribution in [-0.2, 0) is 13.0 Å². The van der Waals surface area contributed by atoms with Gasteiger partial charge in [-0.3, -0.25) is 0 Å². The van der Waals surface area contributed by atoms with Crippen LogP contribution in [0.3, 0.4) is 0 Å². The van der Waals surface area contributed by atoms with Crippen LogP contribution in [0.25, 0.3) is 0 Å². The van der Waals surface area contributed by atoms with Gasteiger partial charge in [-0.1, -0.05) is 0 Å². The van der Waals surface area contributed by atoms with E-state index in [9.17, 15) is 0 Å². The summed E-state index contributed by atoms with van der Waals surface area (Å²) in [5.41, 5.74) is 0. The van der Waals surface area contributed by atoms with Crippen molar-refractivity contribution in [2.75, 3.05) is 13.1 Å². The van der Waals surface area contributed by atoms with Crippen LogP contribution in [0.5, 0.6) is 0 Å². The lowest BCUT2D eigenvalue weighted by Crippen LogP contribution is -2.38. The highest BCUT2D eigenvalue weighted by Crippen LogP contribution is 2.21. The van der Waals surface area contributed by atoms with Crippen LogP contribution >= 0.6 is 27.3 Å². The molecule has 0 spiro atoms. The molecule has 0 atom stereocenters. The Bertz CT molecular complexity index is 536. The summed E-state index contributed by atoms with van der Waals surface area (Å²) in [5.74, 6) is 1.68. The molecule has 0 aromatic carbocycles. The average Bonchev–Trinajstić information content (AvgIpc) is 3.08. The Labute approximate surface area is 131 Å². The number of nitrogens with zero attached hydrogens (tertiary/aromatic N) is 1. The third-order valence-electron chi connectivity index (χ3n) is 2.61. The molecule has 2 aromatic rings. The summed E-state index contributed by atoms with van der Waals surface area (Å²) >= 11 is 5.24. The van der Waals surface area contributed by atoms with Gasteiger partial charge in [0.05, 0.1) is 10.0 Å². The Morgan fingerprint density at radius 1 is 1.35 bits per heavy atom. The second-order valence-electron chi connectivity index (χ2n) is 4.16. The SMILES string of the molecule is CCNC(=NCc1ccco1)NCCc1ccc(Br)s1.